The largest absolute Gasteiger partial charge is 0.497 e. The van der Waals surface area contributed by atoms with Crippen molar-refractivity contribution >= 4 is 11.4 Å². The number of unbranched alkanes of at least 4 members (excludes halogenated alkanes) is 1. The first-order chi connectivity index (χ1) is 13.7. The van der Waals surface area contributed by atoms with Crippen molar-refractivity contribution in [1.29, 1.82) is 0 Å². The van der Waals surface area contributed by atoms with Crippen LogP contribution in [-0.4, -0.2) is 61.7 Å². The van der Waals surface area contributed by atoms with Crippen molar-refractivity contribution in [2.75, 3.05) is 46.6 Å². The minimum atomic E-state index is 0.110. The van der Waals surface area contributed by atoms with Crippen molar-refractivity contribution in [2.45, 2.75) is 12.8 Å². The second kappa shape index (κ2) is 12.8. The van der Waals surface area contributed by atoms with Crippen molar-refractivity contribution in [2.24, 2.45) is 10.2 Å². The highest BCUT2D eigenvalue weighted by Gasteiger charge is 2.03. The van der Waals surface area contributed by atoms with Crippen LogP contribution in [0.1, 0.15) is 12.8 Å². The van der Waals surface area contributed by atoms with Crippen LogP contribution in [0.4, 0.5) is 11.4 Å². The molecule has 7 nitrogen and oxygen atoms in total. The number of ether oxygens (including phenoxy) is 2. The number of hydrogen-bond acceptors (Lipinski definition) is 7. The van der Waals surface area contributed by atoms with E-state index in [1.165, 1.54) is 0 Å². The van der Waals surface area contributed by atoms with Crippen LogP contribution in [0.25, 0.3) is 0 Å². The first kappa shape index (κ1) is 21.8. The van der Waals surface area contributed by atoms with E-state index in [9.17, 15) is 0 Å². The SMILES string of the molecule is COc1ccc(N=Nc2ccc(OCCCCN(CCO)CCO)cc2)cc1. The molecule has 152 valence electrons. The molecule has 2 N–H and O–H groups in total. The van der Waals surface area contributed by atoms with Gasteiger partial charge in [0.1, 0.15) is 11.5 Å². The molecule has 0 aliphatic rings. The molecule has 2 rings (SSSR count). The third kappa shape index (κ3) is 8.04. The van der Waals surface area contributed by atoms with Crippen molar-refractivity contribution in [3.05, 3.63) is 48.5 Å². The Morgan fingerprint density at radius 3 is 1.79 bits per heavy atom. The normalized spacial score (nSPS) is 11.3. The maximum Gasteiger partial charge on any atom is 0.119 e. The number of benzene rings is 2. The van der Waals surface area contributed by atoms with Gasteiger partial charge in [-0.05, 0) is 67.9 Å². The van der Waals surface area contributed by atoms with Gasteiger partial charge in [0.2, 0.25) is 0 Å². The molecule has 0 saturated carbocycles. The van der Waals surface area contributed by atoms with Gasteiger partial charge in [0.15, 0.2) is 0 Å². The zero-order chi connectivity index (χ0) is 20.0. The monoisotopic (exact) mass is 387 g/mol. The first-order valence-corrected chi connectivity index (χ1v) is 9.48. The molecule has 2 aromatic rings. The molecule has 0 fully saturated rings. The lowest BCUT2D eigenvalue weighted by molar-refractivity contribution is 0.157. The molecule has 0 heterocycles. The smallest absolute Gasteiger partial charge is 0.119 e. The molecule has 28 heavy (non-hydrogen) atoms. The van der Waals surface area contributed by atoms with Gasteiger partial charge in [0, 0.05) is 13.1 Å². The van der Waals surface area contributed by atoms with Crippen molar-refractivity contribution in [3.8, 4) is 11.5 Å². The van der Waals surface area contributed by atoms with Gasteiger partial charge in [-0.25, -0.2) is 0 Å². The van der Waals surface area contributed by atoms with E-state index in [1.54, 1.807) is 7.11 Å². The van der Waals surface area contributed by atoms with E-state index >= 15 is 0 Å². The van der Waals surface area contributed by atoms with Crippen LogP contribution in [0.3, 0.4) is 0 Å². The van der Waals surface area contributed by atoms with E-state index < -0.39 is 0 Å². The average molecular weight is 387 g/mol. The zero-order valence-corrected chi connectivity index (χ0v) is 16.3. The molecule has 2 aromatic carbocycles. The molecule has 0 saturated heterocycles. The van der Waals surface area contributed by atoms with Gasteiger partial charge in [-0.2, -0.15) is 10.2 Å². The van der Waals surface area contributed by atoms with E-state index in [1.807, 2.05) is 53.4 Å². The number of aliphatic hydroxyl groups excluding tert-OH is 2. The first-order valence-electron chi connectivity index (χ1n) is 9.48. The highest BCUT2D eigenvalue weighted by molar-refractivity contribution is 5.44. The van der Waals surface area contributed by atoms with Gasteiger partial charge in [0.05, 0.1) is 38.3 Å². The number of aliphatic hydroxyl groups is 2. The lowest BCUT2D eigenvalue weighted by atomic mass is 10.3. The molecule has 0 bridgehead atoms. The summed E-state index contributed by atoms with van der Waals surface area (Å²) in [6.45, 7) is 2.87. The average Bonchev–Trinajstić information content (AvgIpc) is 2.73. The molecule has 0 atom stereocenters. The highest BCUT2D eigenvalue weighted by atomic mass is 16.5. The standard InChI is InChI=1S/C21H29N3O4/c1-27-20-8-4-18(5-9-20)22-23-19-6-10-21(11-7-19)28-17-3-2-12-24(13-15-25)14-16-26/h4-11,25-26H,2-3,12-17H2,1H3. The maximum absolute atomic E-state index is 8.99. The summed E-state index contributed by atoms with van der Waals surface area (Å²) >= 11 is 0. The van der Waals surface area contributed by atoms with E-state index in [0.29, 0.717) is 19.7 Å². The van der Waals surface area contributed by atoms with Gasteiger partial charge in [0.25, 0.3) is 0 Å². The van der Waals surface area contributed by atoms with Gasteiger partial charge in [-0.15, -0.1) is 0 Å². The second-order valence-electron chi connectivity index (χ2n) is 6.24. The molecule has 0 amide bonds. The zero-order valence-electron chi connectivity index (χ0n) is 16.3. The Labute approximate surface area is 166 Å². The third-order valence-corrected chi connectivity index (χ3v) is 4.16. The lowest BCUT2D eigenvalue weighted by Crippen LogP contribution is -2.31. The van der Waals surface area contributed by atoms with Crippen LogP contribution in [0.15, 0.2) is 58.8 Å². The van der Waals surface area contributed by atoms with Gasteiger partial charge in [-0.3, -0.25) is 4.90 Å². The summed E-state index contributed by atoms with van der Waals surface area (Å²) in [7, 11) is 1.63. The van der Waals surface area contributed by atoms with Gasteiger partial charge >= 0.3 is 0 Å². The number of rotatable bonds is 13. The van der Waals surface area contributed by atoms with Crippen molar-refractivity contribution in [1.82, 2.24) is 4.90 Å². The fraction of sp³-hybridized carbons (Fsp3) is 0.429. The molecule has 0 aliphatic carbocycles. The maximum atomic E-state index is 8.99. The predicted octanol–water partition coefficient (Wildman–Crippen LogP) is 3.56. The third-order valence-electron chi connectivity index (χ3n) is 4.16. The Balaban J connectivity index is 1.71. The molecule has 7 heteroatoms. The lowest BCUT2D eigenvalue weighted by Gasteiger charge is -2.19. The Morgan fingerprint density at radius 1 is 0.750 bits per heavy atom. The fourth-order valence-corrected chi connectivity index (χ4v) is 2.62. The second-order valence-corrected chi connectivity index (χ2v) is 6.24. The highest BCUT2D eigenvalue weighted by Crippen LogP contribution is 2.23. The van der Waals surface area contributed by atoms with Crippen LogP contribution in [0.5, 0.6) is 11.5 Å². The summed E-state index contributed by atoms with van der Waals surface area (Å²) in [6.07, 6.45) is 1.86. The van der Waals surface area contributed by atoms with Crippen LogP contribution >= 0.6 is 0 Å². The van der Waals surface area contributed by atoms with Crippen molar-refractivity contribution in [3.63, 3.8) is 0 Å². The molecule has 0 aromatic heterocycles. The Bertz CT molecular complexity index is 684. The molecular formula is C21H29N3O4. The summed E-state index contributed by atoms with van der Waals surface area (Å²) in [5, 5.41) is 26.4. The van der Waals surface area contributed by atoms with Crippen molar-refractivity contribution < 1.29 is 19.7 Å². The van der Waals surface area contributed by atoms with Crippen LogP contribution in [-0.2, 0) is 0 Å². The Morgan fingerprint density at radius 2 is 1.29 bits per heavy atom. The summed E-state index contributed by atoms with van der Waals surface area (Å²) in [4.78, 5) is 2.04. The van der Waals surface area contributed by atoms with Crippen LogP contribution < -0.4 is 9.47 Å². The number of azo groups is 1. The summed E-state index contributed by atoms with van der Waals surface area (Å²) < 4.78 is 10.9. The molecule has 0 spiro atoms. The minimum absolute atomic E-state index is 0.110. The van der Waals surface area contributed by atoms with Gasteiger partial charge < -0.3 is 19.7 Å². The molecule has 0 radical (unpaired) electrons. The minimum Gasteiger partial charge on any atom is -0.497 e. The van der Waals surface area contributed by atoms with E-state index in [2.05, 4.69) is 10.2 Å². The van der Waals surface area contributed by atoms with Gasteiger partial charge in [-0.1, -0.05) is 0 Å². The number of hydrogen-bond donors (Lipinski definition) is 2. The summed E-state index contributed by atoms with van der Waals surface area (Å²) in [5.41, 5.74) is 1.52. The predicted molar refractivity (Wildman–Crippen MR) is 109 cm³/mol. The quantitative estimate of drug-likeness (QED) is 0.405. The van der Waals surface area contributed by atoms with Crippen LogP contribution in [0, 0.1) is 0 Å². The molecule has 0 aliphatic heterocycles. The fourth-order valence-electron chi connectivity index (χ4n) is 2.62. The Kier molecular flexibility index (Phi) is 9.99. The van der Waals surface area contributed by atoms with E-state index in [0.717, 1.165) is 42.3 Å². The number of methoxy groups -OCH3 is 1. The summed E-state index contributed by atoms with van der Waals surface area (Å²) in [6, 6.07) is 14.9. The molecular weight excluding hydrogens is 358 g/mol. The van der Waals surface area contributed by atoms with E-state index in [-0.39, 0.29) is 13.2 Å². The van der Waals surface area contributed by atoms with Crippen LogP contribution in [0.2, 0.25) is 0 Å². The van der Waals surface area contributed by atoms with E-state index in [4.69, 9.17) is 19.7 Å². The molecule has 0 unspecified atom stereocenters. The number of nitrogens with zero attached hydrogens (tertiary/aromatic N) is 3. The summed E-state index contributed by atoms with van der Waals surface area (Å²) in [5.74, 6) is 1.58. The Hall–Kier alpha value is -2.48. The topological polar surface area (TPSA) is 86.9 Å².